The normalized spacial score (nSPS) is 19.0. The third-order valence-corrected chi connectivity index (χ3v) is 4.36. The number of amides is 1. The SMILES string of the molecule is CN(C)CCOc1cccc(CNC(=O)C[C@@H]2CCC[C@H]2N)c1.Cl.Cl. The Kier molecular flexibility index (Phi) is 11.9. The van der Waals surface area contributed by atoms with Gasteiger partial charge in [0.2, 0.25) is 5.91 Å². The number of halogens is 2. The number of carbonyl (C=O) groups is 1. The highest BCUT2D eigenvalue weighted by Crippen LogP contribution is 2.26. The number of likely N-dealkylation sites (N-methyl/N-ethyl adjacent to an activating group) is 1. The van der Waals surface area contributed by atoms with Gasteiger partial charge < -0.3 is 20.7 Å². The van der Waals surface area contributed by atoms with Gasteiger partial charge in [0, 0.05) is 25.6 Å². The summed E-state index contributed by atoms with van der Waals surface area (Å²) >= 11 is 0. The molecule has 0 heterocycles. The van der Waals surface area contributed by atoms with Crippen molar-refractivity contribution >= 4 is 30.7 Å². The number of hydrogen-bond acceptors (Lipinski definition) is 4. The Hall–Kier alpha value is -1.01. The summed E-state index contributed by atoms with van der Waals surface area (Å²) < 4.78 is 5.72. The van der Waals surface area contributed by atoms with Crippen LogP contribution in [0.4, 0.5) is 0 Å². The van der Waals surface area contributed by atoms with E-state index in [1.807, 2.05) is 38.4 Å². The number of nitrogens with zero attached hydrogens (tertiary/aromatic N) is 1. The fourth-order valence-electron chi connectivity index (χ4n) is 2.92. The van der Waals surface area contributed by atoms with Crippen LogP contribution in [0, 0.1) is 5.92 Å². The summed E-state index contributed by atoms with van der Waals surface area (Å²) in [4.78, 5) is 14.1. The first-order valence-corrected chi connectivity index (χ1v) is 8.43. The number of ether oxygens (including phenoxy) is 1. The lowest BCUT2D eigenvalue weighted by Crippen LogP contribution is -2.31. The predicted molar refractivity (Wildman–Crippen MR) is 107 cm³/mol. The second kappa shape index (κ2) is 12.4. The molecule has 1 aliphatic rings. The lowest BCUT2D eigenvalue weighted by atomic mass is 10.00. The summed E-state index contributed by atoms with van der Waals surface area (Å²) in [5, 5.41) is 2.99. The van der Waals surface area contributed by atoms with E-state index in [9.17, 15) is 4.79 Å². The van der Waals surface area contributed by atoms with Gasteiger partial charge in [-0.25, -0.2) is 0 Å². The van der Waals surface area contributed by atoms with Crippen molar-refractivity contribution in [2.24, 2.45) is 11.7 Å². The van der Waals surface area contributed by atoms with Gasteiger partial charge >= 0.3 is 0 Å². The highest BCUT2D eigenvalue weighted by Gasteiger charge is 2.25. The fourth-order valence-corrected chi connectivity index (χ4v) is 2.92. The van der Waals surface area contributed by atoms with Crippen LogP contribution in [0.15, 0.2) is 24.3 Å². The van der Waals surface area contributed by atoms with Crippen molar-refractivity contribution in [1.29, 1.82) is 0 Å². The molecule has 2 atom stereocenters. The molecular weight excluding hydrogens is 361 g/mol. The first-order chi connectivity index (χ1) is 11.0. The number of rotatable bonds is 8. The van der Waals surface area contributed by atoms with Gasteiger partial charge in [-0.05, 0) is 50.6 Å². The predicted octanol–water partition coefficient (Wildman–Crippen LogP) is 2.60. The van der Waals surface area contributed by atoms with Crippen molar-refractivity contribution in [2.45, 2.75) is 38.3 Å². The van der Waals surface area contributed by atoms with Crippen molar-refractivity contribution < 1.29 is 9.53 Å². The van der Waals surface area contributed by atoms with E-state index in [-0.39, 0.29) is 36.8 Å². The molecule has 1 amide bonds. The van der Waals surface area contributed by atoms with E-state index in [1.165, 1.54) is 0 Å². The van der Waals surface area contributed by atoms with E-state index >= 15 is 0 Å². The Morgan fingerprint density at radius 3 is 2.72 bits per heavy atom. The van der Waals surface area contributed by atoms with Gasteiger partial charge in [0.05, 0.1) is 0 Å². The third-order valence-electron chi connectivity index (χ3n) is 4.36. The molecule has 0 bridgehead atoms. The Morgan fingerprint density at radius 1 is 1.32 bits per heavy atom. The summed E-state index contributed by atoms with van der Waals surface area (Å²) in [6.45, 7) is 2.07. The maximum atomic E-state index is 12.0. The quantitative estimate of drug-likeness (QED) is 0.714. The van der Waals surface area contributed by atoms with E-state index in [1.54, 1.807) is 0 Å². The van der Waals surface area contributed by atoms with Crippen LogP contribution in [0.5, 0.6) is 5.75 Å². The monoisotopic (exact) mass is 391 g/mol. The molecule has 1 fully saturated rings. The van der Waals surface area contributed by atoms with E-state index in [0.29, 0.717) is 25.5 Å². The molecule has 2 rings (SSSR count). The first-order valence-electron chi connectivity index (χ1n) is 8.43. The molecule has 1 aromatic rings. The molecule has 0 radical (unpaired) electrons. The average molecular weight is 392 g/mol. The highest BCUT2D eigenvalue weighted by atomic mass is 35.5. The van der Waals surface area contributed by atoms with Gasteiger partial charge in [-0.2, -0.15) is 0 Å². The van der Waals surface area contributed by atoms with Crippen LogP contribution in [-0.2, 0) is 11.3 Å². The van der Waals surface area contributed by atoms with Crippen LogP contribution in [0.3, 0.4) is 0 Å². The highest BCUT2D eigenvalue weighted by molar-refractivity contribution is 5.85. The lowest BCUT2D eigenvalue weighted by Gasteiger charge is -2.15. The van der Waals surface area contributed by atoms with Gasteiger partial charge in [-0.15, -0.1) is 24.8 Å². The average Bonchev–Trinajstić information content (AvgIpc) is 2.90. The molecule has 0 aliphatic heterocycles. The molecular formula is C18H31Cl2N3O2. The van der Waals surface area contributed by atoms with E-state index in [4.69, 9.17) is 10.5 Å². The second-order valence-corrected chi connectivity index (χ2v) is 6.63. The van der Waals surface area contributed by atoms with Crippen molar-refractivity contribution in [3.8, 4) is 5.75 Å². The molecule has 0 aromatic heterocycles. The Balaban J connectivity index is 0.00000288. The first kappa shape index (κ1) is 24.0. The summed E-state index contributed by atoms with van der Waals surface area (Å²) in [6, 6.07) is 8.07. The van der Waals surface area contributed by atoms with E-state index in [0.717, 1.165) is 37.1 Å². The summed E-state index contributed by atoms with van der Waals surface area (Å²) in [7, 11) is 4.04. The van der Waals surface area contributed by atoms with Crippen LogP contribution in [0.1, 0.15) is 31.2 Å². The second-order valence-electron chi connectivity index (χ2n) is 6.63. The van der Waals surface area contributed by atoms with Crippen LogP contribution in [0.25, 0.3) is 0 Å². The van der Waals surface area contributed by atoms with Gasteiger partial charge in [0.15, 0.2) is 0 Å². The number of hydrogen-bond donors (Lipinski definition) is 2. The minimum atomic E-state index is 0. The Bertz CT molecular complexity index is 515. The van der Waals surface area contributed by atoms with Crippen molar-refractivity contribution in [3.63, 3.8) is 0 Å². The topological polar surface area (TPSA) is 67.6 Å². The molecule has 3 N–H and O–H groups in total. The fraction of sp³-hybridized carbons (Fsp3) is 0.611. The van der Waals surface area contributed by atoms with Crippen molar-refractivity contribution in [3.05, 3.63) is 29.8 Å². The molecule has 1 aliphatic carbocycles. The summed E-state index contributed by atoms with van der Waals surface area (Å²) in [6.07, 6.45) is 3.81. The summed E-state index contributed by atoms with van der Waals surface area (Å²) in [5.74, 6) is 1.28. The minimum absolute atomic E-state index is 0. The minimum Gasteiger partial charge on any atom is -0.492 e. The molecule has 7 heteroatoms. The van der Waals surface area contributed by atoms with Crippen molar-refractivity contribution in [2.75, 3.05) is 27.2 Å². The Labute approximate surface area is 163 Å². The maximum absolute atomic E-state index is 12.0. The van der Waals surface area contributed by atoms with Gasteiger partial charge in [0.25, 0.3) is 0 Å². The zero-order valence-corrected chi connectivity index (χ0v) is 16.7. The van der Waals surface area contributed by atoms with Gasteiger partial charge in [0.1, 0.15) is 12.4 Å². The third kappa shape index (κ3) is 8.77. The number of nitrogens with two attached hydrogens (primary N) is 1. The smallest absolute Gasteiger partial charge is 0.220 e. The van der Waals surface area contributed by atoms with Crippen LogP contribution < -0.4 is 15.8 Å². The molecule has 0 unspecified atom stereocenters. The molecule has 0 spiro atoms. The maximum Gasteiger partial charge on any atom is 0.220 e. The number of benzene rings is 1. The molecule has 0 saturated heterocycles. The largest absolute Gasteiger partial charge is 0.492 e. The molecule has 5 nitrogen and oxygen atoms in total. The van der Waals surface area contributed by atoms with Crippen LogP contribution >= 0.6 is 24.8 Å². The van der Waals surface area contributed by atoms with Crippen LogP contribution in [0.2, 0.25) is 0 Å². The van der Waals surface area contributed by atoms with Gasteiger partial charge in [-0.3, -0.25) is 4.79 Å². The zero-order chi connectivity index (χ0) is 16.7. The zero-order valence-electron chi connectivity index (χ0n) is 15.1. The van der Waals surface area contributed by atoms with Crippen LogP contribution in [-0.4, -0.2) is 44.1 Å². The molecule has 25 heavy (non-hydrogen) atoms. The molecule has 1 aromatic carbocycles. The molecule has 1 saturated carbocycles. The number of carbonyl (C=O) groups excluding carboxylic acids is 1. The van der Waals surface area contributed by atoms with E-state index < -0.39 is 0 Å². The summed E-state index contributed by atoms with van der Waals surface area (Å²) in [5.41, 5.74) is 7.07. The number of nitrogens with one attached hydrogen (secondary N) is 1. The van der Waals surface area contributed by atoms with Gasteiger partial charge in [-0.1, -0.05) is 18.6 Å². The van der Waals surface area contributed by atoms with E-state index in [2.05, 4.69) is 10.2 Å². The van der Waals surface area contributed by atoms with Crippen molar-refractivity contribution in [1.82, 2.24) is 10.2 Å². The molecule has 144 valence electrons. The lowest BCUT2D eigenvalue weighted by molar-refractivity contribution is -0.122. The Morgan fingerprint density at radius 2 is 2.08 bits per heavy atom. The standard InChI is InChI=1S/C18H29N3O2.2ClH/c1-21(2)9-10-23-16-7-3-5-14(11-16)13-20-18(22)12-15-6-4-8-17(15)19;;/h3,5,7,11,15,17H,4,6,8-10,12-13,19H2,1-2H3,(H,20,22);2*1H/t15-,17+;;/m0../s1.